The van der Waals surface area contributed by atoms with Crippen LogP contribution in [0.5, 0.6) is 0 Å². The van der Waals surface area contributed by atoms with Crippen molar-refractivity contribution in [1.29, 1.82) is 0 Å². The Balaban J connectivity index is 1.81. The second-order valence-electron chi connectivity index (χ2n) is 5.75. The van der Waals surface area contributed by atoms with E-state index < -0.39 is 0 Å². The Bertz CT molecular complexity index is 683. The minimum atomic E-state index is -0.0114. The summed E-state index contributed by atoms with van der Waals surface area (Å²) in [6.45, 7) is 4.04. The van der Waals surface area contributed by atoms with Crippen LogP contribution < -0.4 is 0 Å². The second kappa shape index (κ2) is 7.01. The van der Waals surface area contributed by atoms with Crippen LogP contribution in [0, 0.1) is 6.92 Å². The van der Waals surface area contributed by atoms with Crippen LogP contribution >= 0.6 is 23.5 Å². The molecule has 0 aliphatic carbocycles. The number of carbonyl (C=O) groups is 1. The summed E-state index contributed by atoms with van der Waals surface area (Å²) in [5.41, 5.74) is 3.36. The van der Waals surface area contributed by atoms with Gasteiger partial charge in [0.25, 0.3) is 0 Å². The molecule has 3 rings (SSSR count). The largest absolute Gasteiger partial charge is 0.340 e. The van der Waals surface area contributed by atoms with E-state index in [2.05, 4.69) is 41.2 Å². The van der Waals surface area contributed by atoms with Crippen LogP contribution in [0.15, 0.2) is 30.5 Å². The van der Waals surface area contributed by atoms with Gasteiger partial charge >= 0.3 is 0 Å². The van der Waals surface area contributed by atoms with Gasteiger partial charge in [0, 0.05) is 5.75 Å². The number of carbonyl (C=O) groups excluding carboxylic acids is 1. The van der Waals surface area contributed by atoms with Gasteiger partial charge in [0.15, 0.2) is 0 Å². The molecule has 1 aliphatic heterocycles. The summed E-state index contributed by atoms with van der Waals surface area (Å²) in [6, 6.07) is 8.42. The third-order valence-electron chi connectivity index (χ3n) is 4.14. The van der Waals surface area contributed by atoms with Crippen LogP contribution in [0.1, 0.15) is 24.4 Å². The maximum absolute atomic E-state index is 12.5. The number of rotatable bonds is 4. The number of aromatic amines is 1. The molecule has 1 aliphatic rings. The lowest BCUT2D eigenvalue weighted by molar-refractivity contribution is -0.130. The zero-order valence-corrected chi connectivity index (χ0v) is 15.2. The van der Waals surface area contributed by atoms with E-state index in [1.165, 1.54) is 5.56 Å². The van der Waals surface area contributed by atoms with Crippen LogP contribution in [0.3, 0.4) is 0 Å². The van der Waals surface area contributed by atoms with Gasteiger partial charge in [0.05, 0.1) is 29.1 Å². The topological polar surface area (TPSA) is 49.0 Å². The molecular weight excluding hydrogens is 326 g/mol. The van der Waals surface area contributed by atoms with Gasteiger partial charge in [-0.2, -0.15) is 11.8 Å². The van der Waals surface area contributed by atoms with Crippen LogP contribution in [0.2, 0.25) is 0 Å². The molecule has 2 atom stereocenters. The Kier molecular flexibility index (Phi) is 5.02. The van der Waals surface area contributed by atoms with Crippen molar-refractivity contribution in [3.8, 4) is 11.3 Å². The van der Waals surface area contributed by atoms with Gasteiger partial charge < -0.3 is 9.88 Å². The molecule has 122 valence electrons. The van der Waals surface area contributed by atoms with Crippen LogP contribution in [0.4, 0.5) is 0 Å². The van der Waals surface area contributed by atoms with E-state index in [4.69, 9.17) is 0 Å². The minimum Gasteiger partial charge on any atom is -0.340 e. The van der Waals surface area contributed by atoms with Crippen molar-refractivity contribution in [3.05, 3.63) is 41.9 Å². The molecule has 1 saturated heterocycles. The normalized spacial score (nSPS) is 19.1. The van der Waals surface area contributed by atoms with E-state index in [9.17, 15) is 4.79 Å². The molecule has 0 bridgehead atoms. The fourth-order valence-corrected chi connectivity index (χ4v) is 4.11. The number of aromatic nitrogens is 2. The molecule has 0 spiro atoms. The number of nitrogens with one attached hydrogen (secondary N) is 1. The van der Waals surface area contributed by atoms with Crippen LogP contribution in [0.25, 0.3) is 11.3 Å². The number of nitrogens with zero attached hydrogens (tertiary/aromatic N) is 2. The number of aryl methyl sites for hydroxylation is 1. The Morgan fingerprint density at radius 1 is 1.43 bits per heavy atom. The number of benzene rings is 1. The van der Waals surface area contributed by atoms with Gasteiger partial charge in [-0.1, -0.05) is 29.8 Å². The van der Waals surface area contributed by atoms with Crippen molar-refractivity contribution in [2.24, 2.45) is 0 Å². The molecule has 1 amide bonds. The monoisotopic (exact) mass is 347 g/mol. The summed E-state index contributed by atoms with van der Waals surface area (Å²) in [7, 11) is 0. The molecule has 2 unspecified atom stereocenters. The number of hydrogen-bond donors (Lipinski definition) is 1. The molecule has 1 aromatic heterocycles. The first-order valence-electron chi connectivity index (χ1n) is 7.63. The van der Waals surface area contributed by atoms with Crippen molar-refractivity contribution < 1.29 is 4.79 Å². The molecule has 0 radical (unpaired) electrons. The quantitative estimate of drug-likeness (QED) is 0.916. The highest BCUT2D eigenvalue weighted by atomic mass is 32.2. The van der Waals surface area contributed by atoms with Gasteiger partial charge in [-0.15, -0.1) is 11.8 Å². The maximum Gasteiger partial charge on any atom is 0.236 e. The fourth-order valence-electron chi connectivity index (χ4n) is 2.61. The molecule has 1 fully saturated rings. The number of H-pyrrole nitrogens is 1. The maximum atomic E-state index is 12.5. The smallest absolute Gasteiger partial charge is 0.236 e. The molecule has 1 N–H and O–H groups in total. The van der Waals surface area contributed by atoms with Crippen LogP contribution in [-0.2, 0) is 4.79 Å². The summed E-state index contributed by atoms with van der Waals surface area (Å²) < 4.78 is 0. The Morgan fingerprint density at radius 2 is 2.17 bits per heavy atom. The van der Waals surface area contributed by atoms with E-state index >= 15 is 0 Å². The third kappa shape index (κ3) is 3.43. The van der Waals surface area contributed by atoms with Gasteiger partial charge in [0.1, 0.15) is 5.82 Å². The summed E-state index contributed by atoms with van der Waals surface area (Å²) in [6.07, 6.45) is 3.84. The summed E-state index contributed by atoms with van der Waals surface area (Å²) >= 11 is 3.37. The first-order chi connectivity index (χ1) is 11.1. The highest BCUT2D eigenvalue weighted by Gasteiger charge is 2.34. The average molecular weight is 348 g/mol. The zero-order valence-electron chi connectivity index (χ0n) is 13.6. The first-order valence-corrected chi connectivity index (χ1v) is 10.1. The lowest BCUT2D eigenvalue weighted by Gasteiger charge is -2.24. The standard InChI is InChI=1S/C17H21N3OS2/c1-11-4-6-13(7-5-11)14-8-18-16(19-14)15-9-23-10-20(15)17(21)12(2)22-3/h4-8,12,15H,9-10H2,1-3H3,(H,18,19). The van der Waals surface area contributed by atoms with Crippen molar-refractivity contribution >= 4 is 29.4 Å². The molecule has 6 heteroatoms. The summed E-state index contributed by atoms with van der Waals surface area (Å²) in [4.78, 5) is 22.4. The molecule has 23 heavy (non-hydrogen) atoms. The fraction of sp³-hybridized carbons (Fsp3) is 0.412. The average Bonchev–Trinajstić information content (AvgIpc) is 3.22. The van der Waals surface area contributed by atoms with Gasteiger partial charge in [-0.25, -0.2) is 4.98 Å². The molecule has 1 aromatic carbocycles. The van der Waals surface area contributed by atoms with Crippen molar-refractivity contribution in [2.75, 3.05) is 17.9 Å². The summed E-state index contributed by atoms with van der Waals surface area (Å²) in [5.74, 6) is 2.72. The highest BCUT2D eigenvalue weighted by molar-refractivity contribution is 8.00. The van der Waals surface area contributed by atoms with Gasteiger partial charge in [-0.3, -0.25) is 4.79 Å². The van der Waals surface area contributed by atoms with Crippen molar-refractivity contribution in [3.63, 3.8) is 0 Å². The lowest BCUT2D eigenvalue weighted by Crippen LogP contribution is -2.36. The zero-order chi connectivity index (χ0) is 16.4. The second-order valence-corrected chi connectivity index (χ2v) is 7.93. The first kappa shape index (κ1) is 16.5. The van der Waals surface area contributed by atoms with Gasteiger partial charge in [0.2, 0.25) is 5.91 Å². The number of hydrogen-bond acceptors (Lipinski definition) is 4. The number of thioether (sulfide) groups is 2. The van der Waals surface area contributed by atoms with E-state index in [-0.39, 0.29) is 17.2 Å². The third-order valence-corrected chi connectivity index (χ3v) is 6.06. The van der Waals surface area contributed by atoms with E-state index in [1.54, 1.807) is 23.5 Å². The van der Waals surface area contributed by atoms with Gasteiger partial charge in [-0.05, 0) is 25.7 Å². The van der Waals surface area contributed by atoms with Crippen LogP contribution in [-0.4, -0.2) is 43.9 Å². The molecule has 2 heterocycles. The molecule has 2 aromatic rings. The SMILES string of the molecule is CSC(C)C(=O)N1CSCC1c1ncc(-c2ccc(C)cc2)[nH]1. The van der Waals surface area contributed by atoms with Crippen molar-refractivity contribution in [2.45, 2.75) is 25.1 Å². The lowest BCUT2D eigenvalue weighted by atomic mass is 10.1. The Morgan fingerprint density at radius 3 is 2.87 bits per heavy atom. The van der Waals surface area contributed by atoms with E-state index in [1.807, 2.05) is 24.3 Å². The molecular formula is C17H21N3OS2. The Labute approximate surface area is 145 Å². The predicted molar refractivity (Wildman–Crippen MR) is 98.6 cm³/mol. The van der Waals surface area contributed by atoms with E-state index in [0.717, 1.165) is 28.7 Å². The molecule has 4 nitrogen and oxygen atoms in total. The Hall–Kier alpha value is -1.40. The minimum absolute atomic E-state index is 0.0114. The van der Waals surface area contributed by atoms with E-state index in [0.29, 0.717) is 0 Å². The molecule has 0 saturated carbocycles. The van der Waals surface area contributed by atoms with Crippen molar-refractivity contribution in [1.82, 2.24) is 14.9 Å². The highest BCUT2D eigenvalue weighted by Crippen LogP contribution is 2.34. The summed E-state index contributed by atoms with van der Waals surface area (Å²) in [5, 5.41) is -0.0114. The predicted octanol–water partition coefficient (Wildman–Crippen LogP) is 3.71. The number of amides is 1. The number of imidazole rings is 1.